The summed E-state index contributed by atoms with van der Waals surface area (Å²) in [6, 6.07) is 11.3. The molecule has 0 saturated carbocycles. The number of benzene rings is 2. The van der Waals surface area contributed by atoms with Crippen molar-refractivity contribution in [1.29, 1.82) is 0 Å². The molecule has 1 aromatic heterocycles. The van der Waals surface area contributed by atoms with Crippen molar-refractivity contribution in [3.05, 3.63) is 75.5 Å². The third-order valence-corrected chi connectivity index (χ3v) is 8.52. The van der Waals surface area contributed by atoms with E-state index in [1.54, 1.807) is 47.0 Å². The number of hydrogen-bond donors (Lipinski definition) is 1. The molecule has 0 unspecified atom stereocenters. The fraction of sp³-hybridized carbons (Fsp3) is 0.217. The smallest absolute Gasteiger partial charge is 0.258 e. The molecular weight excluding hydrogens is 495 g/mol. The van der Waals surface area contributed by atoms with Crippen LogP contribution in [0.3, 0.4) is 0 Å². The number of nitrogens with zero attached hydrogens (tertiary/aromatic N) is 3. The average Bonchev–Trinajstić information content (AvgIpc) is 3.54. The van der Waals surface area contributed by atoms with Gasteiger partial charge >= 0.3 is 0 Å². The number of carbonyl (C=O) groups excluding carboxylic acids is 1. The minimum atomic E-state index is -3.33. The van der Waals surface area contributed by atoms with E-state index in [-0.39, 0.29) is 11.7 Å². The van der Waals surface area contributed by atoms with Gasteiger partial charge in [0, 0.05) is 35.5 Å². The third-order valence-electron chi connectivity index (χ3n) is 5.54. The van der Waals surface area contributed by atoms with Crippen LogP contribution in [-0.2, 0) is 16.4 Å². The number of hydrogen-bond acceptors (Lipinski definition) is 7. The summed E-state index contributed by atoms with van der Waals surface area (Å²) in [6.07, 6.45) is 3.67. The summed E-state index contributed by atoms with van der Waals surface area (Å²) in [4.78, 5) is 19.6. The van der Waals surface area contributed by atoms with Gasteiger partial charge in [0.05, 0.1) is 22.7 Å². The lowest BCUT2D eigenvalue weighted by Gasteiger charge is -2.19. The van der Waals surface area contributed by atoms with Gasteiger partial charge in [-0.25, -0.2) is 17.8 Å². The highest BCUT2D eigenvalue weighted by Gasteiger charge is 2.29. The molecule has 7 nitrogen and oxygen atoms in total. The second-order valence-corrected chi connectivity index (χ2v) is 11.8. The summed E-state index contributed by atoms with van der Waals surface area (Å²) in [5, 5.41) is 6.55. The fourth-order valence-electron chi connectivity index (χ4n) is 3.95. The first kappa shape index (κ1) is 22.9. The molecule has 2 aliphatic heterocycles. The molecule has 11 heteroatoms. The van der Waals surface area contributed by atoms with Gasteiger partial charge in [0.15, 0.2) is 5.13 Å². The molecule has 1 fully saturated rings. The molecule has 0 spiro atoms. The topological polar surface area (TPSA) is 82.6 Å². The Labute approximate surface area is 205 Å². The zero-order valence-corrected chi connectivity index (χ0v) is 20.6. The highest BCUT2D eigenvalue weighted by molar-refractivity contribution is 8.03. The maximum Gasteiger partial charge on any atom is 0.258 e. The van der Waals surface area contributed by atoms with Crippen LogP contribution in [0.1, 0.15) is 21.6 Å². The first-order valence-electron chi connectivity index (χ1n) is 10.5. The summed E-state index contributed by atoms with van der Waals surface area (Å²) >= 11 is 3.02. The van der Waals surface area contributed by atoms with Gasteiger partial charge in [-0.1, -0.05) is 0 Å². The molecule has 176 valence electrons. The molecule has 0 atom stereocenters. The lowest BCUT2D eigenvalue weighted by Crippen LogP contribution is -2.28. The van der Waals surface area contributed by atoms with Gasteiger partial charge in [0.2, 0.25) is 10.0 Å². The van der Waals surface area contributed by atoms with Crippen molar-refractivity contribution in [3.63, 3.8) is 0 Å². The summed E-state index contributed by atoms with van der Waals surface area (Å²) < 4.78 is 38.4. The van der Waals surface area contributed by atoms with Crippen molar-refractivity contribution in [2.45, 2.75) is 6.42 Å². The summed E-state index contributed by atoms with van der Waals surface area (Å²) in [6.45, 7) is 0.987. The van der Waals surface area contributed by atoms with Crippen LogP contribution in [-0.4, -0.2) is 49.3 Å². The lowest BCUT2D eigenvalue weighted by molar-refractivity contribution is 0.0831. The average molecular weight is 517 g/mol. The van der Waals surface area contributed by atoms with Gasteiger partial charge in [0.25, 0.3) is 5.91 Å². The monoisotopic (exact) mass is 516 g/mol. The minimum Gasteiger partial charge on any atom is -0.332 e. The second-order valence-electron chi connectivity index (χ2n) is 7.93. The molecule has 0 bridgehead atoms. The molecule has 3 heterocycles. The SMILES string of the molecule is CS(=O)(=O)N1CCc2cc(C(=O)N3CCS/C3=C/c3csc(Nc4ccc(F)cc4)n3)ccc21. The highest BCUT2D eigenvalue weighted by Crippen LogP contribution is 2.35. The number of halogens is 1. The van der Waals surface area contributed by atoms with Gasteiger partial charge in [-0.2, -0.15) is 0 Å². The normalized spacial score (nSPS) is 16.8. The molecule has 0 aliphatic carbocycles. The zero-order valence-electron chi connectivity index (χ0n) is 18.2. The van der Waals surface area contributed by atoms with Crippen LogP contribution >= 0.6 is 23.1 Å². The predicted molar refractivity (Wildman–Crippen MR) is 136 cm³/mol. The van der Waals surface area contributed by atoms with E-state index in [4.69, 9.17) is 0 Å². The molecule has 0 radical (unpaired) electrons. The molecule has 1 amide bonds. The first-order chi connectivity index (χ1) is 16.3. The largest absolute Gasteiger partial charge is 0.332 e. The van der Waals surface area contributed by atoms with Crippen LogP contribution in [0.15, 0.2) is 52.9 Å². The Morgan fingerprint density at radius 3 is 2.74 bits per heavy atom. The van der Waals surface area contributed by atoms with E-state index < -0.39 is 10.0 Å². The van der Waals surface area contributed by atoms with E-state index in [0.29, 0.717) is 35.9 Å². The van der Waals surface area contributed by atoms with Crippen molar-refractivity contribution in [3.8, 4) is 0 Å². The van der Waals surface area contributed by atoms with E-state index in [0.717, 1.165) is 27.7 Å². The maximum atomic E-state index is 13.3. The van der Waals surface area contributed by atoms with Crippen molar-refractivity contribution < 1.29 is 17.6 Å². The zero-order chi connectivity index (χ0) is 23.9. The number of thioether (sulfide) groups is 1. The number of sulfonamides is 1. The molecule has 1 N–H and O–H groups in total. The van der Waals surface area contributed by atoms with Crippen molar-refractivity contribution in [1.82, 2.24) is 9.88 Å². The molecule has 2 aliphatic rings. The number of thiazole rings is 1. The van der Waals surface area contributed by atoms with Gasteiger partial charge in [-0.15, -0.1) is 23.1 Å². The lowest BCUT2D eigenvalue weighted by atomic mass is 10.1. The van der Waals surface area contributed by atoms with Crippen LogP contribution in [0, 0.1) is 5.82 Å². The Balaban J connectivity index is 1.33. The number of nitrogens with one attached hydrogen (secondary N) is 1. The quantitative estimate of drug-likeness (QED) is 0.536. The van der Waals surface area contributed by atoms with Gasteiger partial charge in [-0.05, 0) is 60.5 Å². The predicted octanol–water partition coefficient (Wildman–Crippen LogP) is 4.54. The Morgan fingerprint density at radius 2 is 1.97 bits per heavy atom. The number of rotatable bonds is 5. The van der Waals surface area contributed by atoms with E-state index in [1.807, 2.05) is 11.5 Å². The Hall–Kier alpha value is -2.89. The Bertz CT molecular complexity index is 1390. The van der Waals surface area contributed by atoms with Crippen molar-refractivity contribution in [2.75, 3.05) is 34.7 Å². The third kappa shape index (κ3) is 4.68. The van der Waals surface area contributed by atoms with Gasteiger partial charge < -0.3 is 10.2 Å². The van der Waals surface area contributed by atoms with Crippen LogP contribution in [0.25, 0.3) is 6.08 Å². The van der Waals surface area contributed by atoms with Crippen LogP contribution in [0.5, 0.6) is 0 Å². The number of aromatic nitrogens is 1. The summed E-state index contributed by atoms with van der Waals surface area (Å²) in [5.41, 5.74) is 3.53. The summed E-state index contributed by atoms with van der Waals surface area (Å²) in [7, 11) is -3.33. The standard InChI is InChI=1S/C23H21FN4O3S3/c1-34(30,31)28-9-8-15-12-16(2-7-20(15)28)22(29)27-10-11-32-21(27)13-19-14-33-23(26-19)25-18-5-3-17(24)4-6-18/h2-7,12-14H,8-11H2,1H3,(H,25,26)/b21-13+. The Morgan fingerprint density at radius 1 is 1.18 bits per heavy atom. The molecule has 3 aromatic rings. The number of anilines is 3. The Kier molecular flexibility index (Phi) is 6.09. The molecular formula is C23H21FN4O3S3. The maximum absolute atomic E-state index is 13.3. The number of fused-ring (bicyclic) bond motifs is 1. The summed E-state index contributed by atoms with van der Waals surface area (Å²) in [5.74, 6) is 0.376. The van der Waals surface area contributed by atoms with E-state index >= 15 is 0 Å². The first-order valence-corrected chi connectivity index (χ1v) is 14.2. The molecule has 1 saturated heterocycles. The van der Waals surface area contributed by atoms with Crippen LogP contribution in [0.2, 0.25) is 0 Å². The van der Waals surface area contributed by atoms with Crippen molar-refractivity contribution in [2.24, 2.45) is 0 Å². The molecule has 5 rings (SSSR count). The second kappa shape index (κ2) is 9.05. The highest BCUT2D eigenvalue weighted by atomic mass is 32.2. The van der Waals surface area contributed by atoms with Gasteiger partial charge in [0.1, 0.15) is 5.82 Å². The van der Waals surface area contributed by atoms with E-state index in [2.05, 4.69) is 10.3 Å². The van der Waals surface area contributed by atoms with Crippen LogP contribution in [0.4, 0.5) is 20.9 Å². The molecule has 34 heavy (non-hydrogen) atoms. The molecule has 2 aromatic carbocycles. The number of carbonyl (C=O) groups is 1. The number of amides is 1. The fourth-order valence-corrected chi connectivity index (χ4v) is 6.61. The minimum absolute atomic E-state index is 0.114. The van der Waals surface area contributed by atoms with Gasteiger partial charge in [-0.3, -0.25) is 9.10 Å². The van der Waals surface area contributed by atoms with E-state index in [9.17, 15) is 17.6 Å². The van der Waals surface area contributed by atoms with Crippen LogP contribution < -0.4 is 9.62 Å². The van der Waals surface area contributed by atoms with E-state index in [1.165, 1.54) is 34.0 Å². The van der Waals surface area contributed by atoms with Crippen molar-refractivity contribution >= 4 is 61.6 Å².